The van der Waals surface area contributed by atoms with E-state index in [4.69, 9.17) is 5.73 Å². The first-order valence-electron chi connectivity index (χ1n) is 6.40. The number of anilines is 2. The van der Waals surface area contributed by atoms with Gasteiger partial charge in [-0.25, -0.2) is 4.98 Å². The molecule has 3 unspecified atom stereocenters. The number of fused-ring (bicyclic) bond motifs is 1. The normalized spacial score (nSPS) is 29.5. The monoisotopic (exact) mass is 264 g/mol. The molecule has 2 heterocycles. The van der Waals surface area contributed by atoms with Gasteiger partial charge < -0.3 is 15.7 Å². The van der Waals surface area contributed by atoms with Crippen molar-refractivity contribution < 1.29 is 10.0 Å². The van der Waals surface area contributed by atoms with Crippen molar-refractivity contribution in [1.82, 2.24) is 4.98 Å². The number of aliphatic hydroxyl groups excluding tert-OH is 1. The maximum atomic E-state index is 11.0. The number of rotatable bonds is 2. The van der Waals surface area contributed by atoms with Crippen molar-refractivity contribution in [3.8, 4) is 0 Å². The van der Waals surface area contributed by atoms with E-state index >= 15 is 0 Å². The molecule has 0 radical (unpaired) electrons. The standard InChI is InChI=1S/C12H16N4O3/c13-11-4-2-9(16(18)19)12(14-11)15-5-7-1-3-10(17)8(7)6-15/h2,4,7-8,10,17H,1,3,5-6H2,(H2,13,14). The van der Waals surface area contributed by atoms with Gasteiger partial charge in [0.15, 0.2) is 0 Å². The van der Waals surface area contributed by atoms with E-state index in [2.05, 4.69) is 4.98 Å². The molecule has 0 bridgehead atoms. The molecule has 1 saturated heterocycles. The van der Waals surface area contributed by atoms with Crippen LogP contribution in [-0.4, -0.2) is 34.2 Å². The first kappa shape index (κ1) is 12.2. The SMILES string of the molecule is Nc1ccc([N+](=O)[O-])c(N2CC3CCC(O)C3C2)n1. The highest BCUT2D eigenvalue weighted by molar-refractivity contribution is 5.61. The van der Waals surface area contributed by atoms with E-state index in [0.717, 1.165) is 12.8 Å². The smallest absolute Gasteiger partial charge is 0.311 e. The number of aliphatic hydroxyl groups is 1. The fourth-order valence-corrected chi connectivity index (χ4v) is 3.24. The Balaban J connectivity index is 1.91. The van der Waals surface area contributed by atoms with Gasteiger partial charge in [0.1, 0.15) is 5.82 Å². The molecule has 3 N–H and O–H groups in total. The molecule has 19 heavy (non-hydrogen) atoms. The van der Waals surface area contributed by atoms with E-state index < -0.39 is 4.92 Å². The second-order valence-corrected chi connectivity index (χ2v) is 5.31. The van der Waals surface area contributed by atoms with Crippen molar-refractivity contribution in [3.05, 3.63) is 22.2 Å². The molecular weight excluding hydrogens is 248 g/mol. The average Bonchev–Trinajstić information content (AvgIpc) is 2.91. The van der Waals surface area contributed by atoms with Gasteiger partial charge in [-0.15, -0.1) is 0 Å². The van der Waals surface area contributed by atoms with Gasteiger partial charge in [-0.2, -0.15) is 0 Å². The molecule has 0 spiro atoms. The summed E-state index contributed by atoms with van der Waals surface area (Å²) in [4.78, 5) is 16.6. The van der Waals surface area contributed by atoms with Gasteiger partial charge in [0, 0.05) is 25.1 Å². The van der Waals surface area contributed by atoms with Crippen molar-refractivity contribution in [1.29, 1.82) is 0 Å². The molecule has 1 aromatic rings. The number of nitro groups is 1. The Hall–Kier alpha value is -1.89. The number of aromatic nitrogens is 1. The predicted molar refractivity (Wildman–Crippen MR) is 69.7 cm³/mol. The van der Waals surface area contributed by atoms with Gasteiger partial charge in [-0.05, 0) is 24.8 Å². The first-order valence-corrected chi connectivity index (χ1v) is 6.40. The highest BCUT2D eigenvalue weighted by Crippen LogP contribution is 2.41. The summed E-state index contributed by atoms with van der Waals surface area (Å²) in [6.45, 7) is 1.32. The van der Waals surface area contributed by atoms with E-state index in [0.29, 0.717) is 24.8 Å². The van der Waals surface area contributed by atoms with Crippen LogP contribution in [0.3, 0.4) is 0 Å². The van der Waals surface area contributed by atoms with Gasteiger partial charge in [-0.3, -0.25) is 10.1 Å². The summed E-state index contributed by atoms with van der Waals surface area (Å²) in [5.41, 5.74) is 5.60. The number of hydrogen-bond donors (Lipinski definition) is 2. The highest BCUT2D eigenvalue weighted by atomic mass is 16.6. The minimum absolute atomic E-state index is 0.0244. The second-order valence-electron chi connectivity index (χ2n) is 5.31. The zero-order valence-electron chi connectivity index (χ0n) is 10.4. The Labute approximate surface area is 110 Å². The van der Waals surface area contributed by atoms with Crippen LogP contribution in [0.2, 0.25) is 0 Å². The first-order chi connectivity index (χ1) is 9.06. The van der Waals surface area contributed by atoms with Crippen LogP contribution in [0.1, 0.15) is 12.8 Å². The zero-order valence-corrected chi connectivity index (χ0v) is 10.4. The van der Waals surface area contributed by atoms with Crippen molar-refractivity contribution in [3.63, 3.8) is 0 Å². The van der Waals surface area contributed by atoms with Crippen LogP contribution in [0.15, 0.2) is 12.1 Å². The summed E-state index contributed by atoms with van der Waals surface area (Å²) in [6, 6.07) is 2.83. The molecule has 1 aliphatic heterocycles. The molecule has 3 atom stereocenters. The predicted octanol–water partition coefficient (Wildman–Crippen LogP) is 0.779. The van der Waals surface area contributed by atoms with Crippen LogP contribution >= 0.6 is 0 Å². The molecule has 1 saturated carbocycles. The quantitative estimate of drug-likeness (QED) is 0.604. The number of nitrogen functional groups attached to an aromatic ring is 1. The Morgan fingerprint density at radius 3 is 2.89 bits per heavy atom. The molecule has 102 valence electrons. The van der Waals surface area contributed by atoms with E-state index in [1.165, 1.54) is 12.1 Å². The van der Waals surface area contributed by atoms with E-state index in [-0.39, 0.29) is 23.5 Å². The Morgan fingerprint density at radius 1 is 1.42 bits per heavy atom. The Bertz CT molecular complexity index is 522. The summed E-state index contributed by atoms with van der Waals surface area (Å²) < 4.78 is 0. The van der Waals surface area contributed by atoms with Crippen LogP contribution in [-0.2, 0) is 0 Å². The third-order valence-corrected chi connectivity index (χ3v) is 4.19. The summed E-state index contributed by atoms with van der Waals surface area (Å²) in [5, 5.41) is 20.9. The van der Waals surface area contributed by atoms with E-state index in [9.17, 15) is 15.2 Å². The number of nitrogens with zero attached hydrogens (tertiary/aromatic N) is 3. The van der Waals surface area contributed by atoms with Crippen LogP contribution in [0, 0.1) is 22.0 Å². The van der Waals surface area contributed by atoms with Gasteiger partial charge in [0.2, 0.25) is 5.82 Å². The van der Waals surface area contributed by atoms with Crippen LogP contribution < -0.4 is 10.6 Å². The molecule has 2 fully saturated rings. The summed E-state index contributed by atoms with van der Waals surface area (Å²) in [5.74, 6) is 1.20. The molecule has 1 aromatic heterocycles. The number of hydrogen-bond acceptors (Lipinski definition) is 6. The van der Waals surface area contributed by atoms with Gasteiger partial charge in [0.25, 0.3) is 0 Å². The number of nitrogens with two attached hydrogens (primary N) is 1. The molecule has 3 rings (SSSR count). The van der Waals surface area contributed by atoms with Gasteiger partial charge in [-0.1, -0.05) is 0 Å². The lowest BCUT2D eigenvalue weighted by atomic mass is 10.00. The molecule has 0 amide bonds. The topological polar surface area (TPSA) is 106 Å². The summed E-state index contributed by atoms with van der Waals surface area (Å²) in [6.07, 6.45) is 1.50. The van der Waals surface area contributed by atoms with Crippen LogP contribution in [0.4, 0.5) is 17.3 Å². The molecule has 1 aliphatic carbocycles. The van der Waals surface area contributed by atoms with Crippen molar-refractivity contribution in [2.24, 2.45) is 11.8 Å². The maximum absolute atomic E-state index is 11.0. The van der Waals surface area contributed by atoms with Crippen molar-refractivity contribution in [2.75, 3.05) is 23.7 Å². The fourth-order valence-electron chi connectivity index (χ4n) is 3.24. The van der Waals surface area contributed by atoms with E-state index in [1.54, 1.807) is 0 Å². The lowest BCUT2D eigenvalue weighted by Gasteiger charge is -2.19. The maximum Gasteiger partial charge on any atom is 0.311 e. The average molecular weight is 264 g/mol. The Morgan fingerprint density at radius 2 is 2.21 bits per heavy atom. The minimum atomic E-state index is -0.438. The molecule has 2 aliphatic rings. The zero-order chi connectivity index (χ0) is 13.6. The molecule has 7 nitrogen and oxygen atoms in total. The lowest BCUT2D eigenvalue weighted by Crippen LogP contribution is -2.26. The molecule has 7 heteroatoms. The lowest BCUT2D eigenvalue weighted by molar-refractivity contribution is -0.384. The van der Waals surface area contributed by atoms with Crippen molar-refractivity contribution >= 4 is 17.3 Å². The van der Waals surface area contributed by atoms with Gasteiger partial charge in [0.05, 0.1) is 11.0 Å². The number of pyridine rings is 1. The third-order valence-electron chi connectivity index (χ3n) is 4.19. The minimum Gasteiger partial charge on any atom is -0.393 e. The van der Waals surface area contributed by atoms with Crippen LogP contribution in [0.5, 0.6) is 0 Å². The third kappa shape index (κ3) is 1.99. The highest BCUT2D eigenvalue weighted by Gasteiger charge is 2.43. The molecule has 0 aromatic carbocycles. The second kappa shape index (κ2) is 4.34. The fraction of sp³-hybridized carbons (Fsp3) is 0.583. The summed E-state index contributed by atoms with van der Waals surface area (Å²) >= 11 is 0. The van der Waals surface area contributed by atoms with Crippen molar-refractivity contribution in [2.45, 2.75) is 18.9 Å². The Kier molecular flexibility index (Phi) is 2.78. The largest absolute Gasteiger partial charge is 0.393 e. The molecular formula is C12H16N4O3. The van der Waals surface area contributed by atoms with Gasteiger partial charge >= 0.3 is 5.69 Å². The van der Waals surface area contributed by atoms with Crippen LogP contribution in [0.25, 0.3) is 0 Å². The summed E-state index contributed by atoms with van der Waals surface area (Å²) in [7, 11) is 0. The van der Waals surface area contributed by atoms with E-state index in [1.807, 2.05) is 4.90 Å².